The zero-order valence-corrected chi connectivity index (χ0v) is 14.4. The van der Waals surface area contributed by atoms with E-state index in [-0.39, 0.29) is 0 Å². The van der Waals surface area contributed by atoms with Gasteiger partial charge in [-0.3, -0.25) is 5.43 Å². The van der Waals surface area contributed by atoms with E-state index in [2.05, 4.69) is 31.8 Å². The van der Waals surface area contributed by atoms with Gasteiger partial charge in [0.2, 0.25) is 0 Å². The lowest BCUT2D eigenvalue weighted by Crippen LogP contribution is -2.24. The van der Waals surface area contributed by atoms with E-state index in [1.165, 1.54) is 0 Å². The van der Waals surface area contributed by atoms with Crippen molar-refractivity contribution in [3.8, 4) is 0 Å². The Balaban J connectivity index is 1.94. The molecule has 0 heterocycles. The van der Waals surface area contributed by atoms with Crippen molar-refractivity contribution < 1.29 is 0 Å². The van der Waals surface area contributed by atoms with E-state index in [1.54, 1.807) is 12.1 Å². The highest BCUT2D eigenvalue weighted by Crippen LogP contribution is 2.13. The first kappa shape index (κ1) is 15.9. The smallest absolute Gasteiger partial charge is 0.191 e. The van der Waals surface area contributed by atoms with Crippen molar-refractivity contribution in [2.45, 2.75) is 6.92 Å². The Morgan fingerprint density at radius 3 is 2.33 bits per heavy atom. The molecule has 0 spiro atoms. The van der Waals surface area contributed by atoms with E-state index in [9.17, 15) is 0 Å². The second kappa shape index (κ2) is 7.54. The zero-order chi connectivity index (χ0) is 15.2. The van der Waals surface area contributed by atoms with Gasteiger partial charge in [-0.15, -0.1) is 0 Å². The normalized spacial score (nSPS) is 11.1. The topological polar surface area (TPSA) is 36.4 Å². The number of rotatable bonds is 3. The van der Waals surface area contributed by atoms with Gasteiger partial charge >= 0.3 is 0 Å². The third-order valence-corrected chi connectivity index (χ3v) is 3.66. The predicted octanol–water partition coefficient (Wildman–Crippen LogP) is 4.81. The van der Waals surface area contributed by atoms with Crippen LogP contribution in [-0.4, -0.2) is 10.8 Å². The molecule has 6 heteroatoms. The summed E-state index contributed by atoms with van der Waals surface area (Å²) in [7, 11) is 0. The summed E-state index contributed by atoms with van der Waals surface area (Å²) in [6, 6.07) is 15.2. The molecule has 0 aliphatic heterocycles. The van der Waals surface area contributed by atoms with Crippen LogP contribution in [0.25, 0.3) is 0 Å². The molecule has 108 valence electrons. The fourth-order valence-corrected chi connectivity index (χ4v) is 2.14. The molecule has 0 bridgehead atoms. The van der Waals surface area contributed by atoms with Crippen LogP contribution < -0.4 is 10.7 Å². The molecule has 0 aliphatic rings. The lowest BCUT2D eigenvalue weighted by atomic mass is 10.1. The van der Waals surface area contributed by atoms with Crippen LogP contribution in [-0.2, 0) is 0 Å². The van der Waals surface area contributed by atoms with Crippen LogP contribution in [0.5, 0.6) is 0 Å². The number of hydrogen-bond acceptors (Lipinski definition) is 2. The summed E-state index contributed by atoms with van der Waals surface area (Å²) in [5.41, 5.74) is 5.55. The van der Waals surface area contributed by atoms with E-state index in [4.69, 9.17) is 23.8 Å². The molecule has 2 aromatic rings. The van der Waals surface area contributed by atoms with Crippen LogP contribution in [0.4, 0.5) is 5.69 Å². The molecule has 0 unspecified atom stereocenters. The lowest BCUT2D eigenvalue weighted by Gasteiger charge is -2.08. The van der Waals surface area contributed by atoms with Crippen LogP contribution >= 0.6 is 39.7 Å². The average molecular weight is 383 g/mol. The molecule has 2 aromatic carbocycles. The molecule has 0 radical (unpaired) electrons. The number of anilines is 1. The van der Waals surface area contributed by atoms with Crippen molar-refractivity contribution in [3.05, 3.63) is 63.6 Å². The number of thiocarbonyl (C=S) groups is 1. The second-order valence-electron chi connectivity index (χ2n) is 4.28. The van der Waals surface area contributed by atoms with Gasteiger partial charge in [0.25, 0.3) is 0 Å². The summed E-state index contributed by atoms with van der Waals surface area (Å²) >= 11 is 14.4. The van der Waals surface area contributed by atoms with E-state index in [1.807, 2.05) is 43.3 Å². The fourth-order valence-electron chi connectivity index (χ4n) is 1.58. The van der Waals surface area contributed by atoms with Crippen LogP contribution in [0.1, 0.15) is 12.5 Å². The first-order valence-corrected chi connectivity index (χ1v) is 7.75. The second-order valence-corrected chi connectivity index (χ2v) is 6.04. The third kappa shape index (κ3) is 5.12. The highest BCUT2D eigenvalue weighted by Gasteiger charge is 1.99. The van der Waals surface area contributed by atoms with E-state index >= 15 is 0 Å². The highest BCUT2D eigenvalue weighted by atomic mass is 79.9. The predicted molar refractivity (Wildman–Crippen MR) is 97.2 cm³/mol. The van der Waals surface area contributed by atoms with Crippen molar-refractivity contribution >= 4 is 56.3 Å². The summed E-state index contributed by atoms with van der Waals surface area (Å²) in [5.74, 6) is 0. The Bertz CT molecular complexity index is 654. The molecule has 0 fully saturated rings. The third-order valence-electron chi connectivity index (χ3n) is 2.69. The summed E-state index contributed by atoms with van der Waals surface area (Å²) in [6.45, 7) is 1.92. The molecular formula is C15H13BrClN3S. The number of nitrogens with zero attached hydrogens (tertiary/aromatic N) is 1. The summed E-state index contributed by atoms with van der Waals surface area (Å²) in [6.07, 6.45) is 0. The molecule has 21 heavy (non-hydrogen) atoms. The summed E-state index contributed by atoms with van der Waals surface area (Å²) in [4.78, 5) is 0. The Morgan fingerprint density at radius 2 is 1.71 bits per heavy atom. The molecule has 0 saturated heterocycles. The Labute approximate surface area is 142 Å². The van der Waals surface area contributed by atoms with E-state index < -0.39 is 0 Å². The maximum atomic E-state index is 5.83. The molecule has 0 saturated carbocycles. The quantitative estimate of drug-likeness (QED) is 0.454. The van der Waals surface area contributed by atoms with Crippen molar-refractivity contribution in [2.24, 2.45) is 5.10 Å². The van der Waals surface area contributed by atoms with Gasteiger partial charge in [-0.05, 0) is 61.1 Å². The van der Waals surface area contributed by atoms with Gasteiger partial charge < -0.3 is 5.32 Å². The fraction of sp³-hybridized carbons (Fsp3) is 0.0667. The molecule has 2 rings (SSSR count). The van der Waals surface area contributed by atoms with Crippen molar-refractivity contribution in [1.29, 1.82) is 0 Å². The minimum Gasteiger partial charge on any atom is -0.331 e. The van der Waals surface area contributed by atoms with Crippen LogP contribution in [0.2, 0.25) is 5.02 Å². The molecule has 3 nitrogen and oxygen atoms in total. The number of nitrogens with one attached hydrogen (secondary N) is 2. The van der Waals surface area contributed by atoms with Crippen molar-refractivity contribution in [3.63, 3.8) is 0 Å². The maximum Gasteiger partial charge on any atom is 0.191 e. The minimum atomic E-state index is 0.425. The molecular weight excluding hydrogens is 370 g/mol. The molecule has 0 aromatic heterocycles. The minimum absolute atomic E-state index is 0.425. The molecule has 2 N–H and O–H groups in total. The van der Waals surface area contributed by atoms with E-state index in [0.717, 1.165) is 21.4 Å². The largest absolute Gasteiger partial charge is 0.331 e. The van der Waals surface area contributed by atoms with Gasteiger partial charge in [-0.1, -0.05) is 39.7 Å². The van der Waals surface area contributed by atoms with Gasteiger partial charge in [-0.25, -0.2) is 0 Å². The zero-order valence-electron chi connectivity index (χ0n) is 11.2. The molecule has 0 atom stereocenters. The van der Waals surface area contributed by atoms with Crippen LogP contribution in [0.3, 0.4) is 0 Å². The van der Waals surface area contributed by atoms with Crippen molar-refractivity contribution in [1.82, 2.24) is 5.43 Å². The van der Waals surface area contributed by atoms with Crippen LogP contribution in [0.15, 0.2) is 58.1 Å². The molecule has 0 aliphatic carbocycles. The number of halogens is 2. The number of hydrazone groups is 1. The van der Waals surface area contributed by atoms with E-state index in [0.29, 0.717) is 10.1 Å². The SMILES string of the molecule is CC(=NNC(=S)Nc1ccc(Cl)cc1)c1ccc(Br)cc1. The number of hydrogen-bond donors (Lipinski definition) is 2. The van der Waals surface area contributed by atoms with Crippen LogP contribution in [0, 0.1) is 0 Å². The maximum absolute atomic E-state index is 5.83. The number of benzene rings is 2. The average Bonchev–Trinajstić information content (AvgIpc) is 2.48. The lowest BCUT2D eigenvalue weighted by molar-refractivity contribution is 1.04. The summed E-state index contributed by atoms with van der Waals surface area (Å²) < 4.78 is 1.03. The van der Waals surface area contributed by atoms with Gasteiger partial charge in [-0.2, -0.15) is 5.10 Å². The Kier molecular flexibility index (Phi) is 5.73. The van der Waals surface area contributed by atoms with Crippen molar-refractivity contribution in [2.75, 3.05) is 5.32 Å². The van der Waals surface area contributed by atoms with Gasteiger partial charge in [0.05, 0.1) is 5.71 Å². The Morgan fingerprint density at radius 1 is 1.10 bits per heavy atom. The summed E-state index contributed by atoms with van der Waals surface area (Å²) in [5, 5.41) is 8.40. The van der Waals surface area contributed by atoms with Gasteiger partial charge in [0, 0.05) is 15.2 Å². The van der Waals surface area contributed by atoms with Gasteiger partial charge in [0.1, 0.15) is 0 Å². The first-order valence-electron chi connectivity index (χ1n) is 6.17. The monoisotopic (exact) mass is 381 g/mol. The standard InChI is InChI=1S/C15H13BrClN3S/c1-10(11-2-4-12(16)5-3-11)19-20-15(21)18-14-8-6-13(17)7-9-14/h2-9H,1H3,(H2,18,20,21). The Hall–Kier alpha value is -1.43. The molecule has 0 amide bonds. The highest BCUT2D eigenvalue weighted by molar-refractivity contribution is 9.10. The first-order chi connectivity index (χ1) is 10.0. The van der Waals surface area contributed by atoms with Gasteiger partial charge in [0.15, 0.2) is 5.11 Å².